The van der Waals surface area contributed by atoms with E-state index in [1.165, 1.54) is 7.05 Å². The zero-order valence-electron chi connectivity index (χ0n) is 17.4. The van der Waals surface area contributed by atoms with Crippen LogP contribution in [0.2, 0.25) is 0 Å². The highest BCUT2D eigenvalue weighted by molar-refractivity contribution is 5.96. The molecule has 2 aromatic rings. The highest BCUT2D eigenvalue weighted by Crippen LogP contribution is 2.19. The molecule has 3 amide bonds. The van der Waals surface area contributed by atoms with Gasteiger partial charge in [0.25, 0.3) is 0 Å². The maximum atomic E-state index is 13.7. The van der Waals surface area contributed by atoms with Gasteiger partial charge >= 0.3 is 0 Å². The third-order valence-corrected chi connectivity index (χ3v) is 4.52. The third-order valence-electron chi connectivity index (χ3n) is 4.52. The van der Waals surface area contributed by atoms with Gasteiger partial charge in [0.2, 0.25) is 17.7 Å². The molecule has 0 heterocycles. The molecule has 166 valence electrons. The number of carbonyl (C=O) groups is 3. The molecule has 9 heteroatoms. The van der Waals surface area contributed by atoms with Gasteiger partial charge in [-0.15, -0.1) is 0 Å². The Hall–Kier alpha value is -3.36. The number of nitrogens with zero attached hydrogens (tertiary/aromatic N) is 1. The normalized spacial score (nSPS) is 11.7. The summed E-state index contributed by atoms with van der Waals surface area (Å²) in [7, 11) is 1.35. The van der Waals surface area contributed by atoms with Crippen molar-refractivity contribution in [3.8, 4) is 0 Å². The van der Waals surface area contributed by atoms with E-state index in [0.717, 1.165) is 16.5 Å². The lowest BCUT2D eigenvalue weighted by atomic mass is 10.0. The molecule has 0 fully saturated rings. The van der Waals surface area contributed by atoms with Crippen LogP contribution in [0.1, 0.15) is 19.4 Å². The molecule has 0 aliphatic heterocycles. The number of nitrogens with one attached hydrogen (secondary N) is 2. The van der Waals surface area contributed by atoms with Crippen LogP contribution >= 0.6 is 0 Å². The zero-order valence-corrected chi connectivity index (χ0v) is 17.4. The van der Waals surface area contributed by atoms with Crippen LogP contribution in [0.4, 0.5) is 18.9 Å². The van der Waals surface area contributed by atoms with E-state index in [9.17, 15) is 27.6 Å². The van der Waals surface area contributed by atoms with Gasteiger partial charge in [0.05, 0.1) is 18.7 Å². The molecule has 2 N–H and O–H groups in total. The molecule has 0 radical (unpaired) electrons. The topological polar surface area (TPSA) is 78.5 Å². The van der Waals surface area contributed by atoms with Crippen LogP contribution in [0.5, 0.6) is 0 Å². The Morgan fingerprint density at radius 3 is 2.19 bits per heavy atom. The Balaban J connectivity index is 1.99. The van der Waals surface area contributed by atoms with E-state index in [2.05, 4.69) is 10.6 Å². The van der Waals surface area contributed by atoms with E-state index < -0.39 is 47.5 Å². The van der Waals surface area contributed by atoms with Gasteiger partial charge in [-0.3, -0.25) is 14.4 Å². The maximum Gasteiger partial charge on any atom is 0.245 e. The summed E-state index contributed by atoms with van der Waals surface area (Å²) < 4.78 is 40.0. The average molecular weight is 435 g/mol. The van der Waals surface area contributed by atoms with Crippen molar-refractivity contribution in [1.82, 2.24) is 10.2 Å². The molecule has 1 atom stereocenters. The van der Waals surface area contributed by atoms with Gasteiger partial charge in [-0.2, -0.15) is 0 Å². The molecular weight excluding hydrogens is 411 g/mol. The molecule has 0 bridgehead atoms. The highest BCUT2D eigenvalue weighted by atomic mass is 19.2. The van der Waals surface area contributed by atoms with Crippen LogP contribution in [0.15, 0.2) is 42.5 Å². The van der Waals surface area contributed by atoms with Gasteiger partial charge < -0.3 is 15.5 Å². The summed E-state index contributed by atoms with van der Waals surface area (Å²) in [6, 6.07) is 9.70. The Kier molecular flexibility index (Phi) is 8.18. The van der Waals surface area contributed by atoms with Crippen LogP contribution in [-0.2, 0) is 20.8 Å². The van der Waals surface area contributed by atoms with Gasteiger partial charge in [-0.25, -0.2) is 13.2 Å². The molecule has 6 nitrogen and oxygen atoms in total. The van der Waals surface area contributed by atoms with Crippen molar-refractivity contribution in [3.63, 3.8) is 0 Å². The molecule has 0 saturated heterocycles. The summed E-state index contributed by atoms with van der Waals surface area (Å²) in [5, 5.41) is 4.78. The van der Waals surface area contributed by atoms with Crippen molar-refractivity contribution in [2.75, 3.05) is 18.9 Å². The predicted octanol–water partition coefficient (Wildman–Crippen LogP) is 2.88. The van der Waals surface area contributed by atoms with Gasteiger partial charge in [0.15, 0.2) is 17.5 Å². The largest absolute Gasteiger partial charge is 0.344 e. The molecule has 31 heavy (non-hydrogen) atoms. The fraction of sp³-hybridized carbons (Fsp3) is 0.318. The SMILES string of the molecule is CC(C)[C@H](NC(=O)Cc1ccccc1)C(=O)N(C)CC(=O)Nc1ccc(F)c(F)c1F. The summed E-state index contributed by atoms with van der Waals surface area (Å²) >= 11 is 0. The summed E-state index contributed by atoms with van der Waals surface area (Å²) in [5.74, 6) is -6.55. The molecule has 2 rings (SSSR count). The van der Waals surface area contributed by atoms with Crippen molar-refractivity contribution in [3.05, 3.63) is 65.5 Å². The van der Waals surface area contributed by atoms with Crippen LogP contribution in [-0.4, -0.2) is 42.3 Å². The fourth-order valence-electron chi connectivity index (χ4n) is 2.86. The summed E-state index contributed by atoms with van der Waals surface area (Å²) in [6.07, 6.45) is 0.0942. The van der Waals surface area contributed by atoms with Crippen molar-refractivity contribution >= 4 is 23.4 Å². The molecule has 0 saturated carbocycles. The smallest absolute Gasteiger partial charge is 0.245 e. The summed E-state index contributed by atoms with van der Waals surface area (Å²) in [6.45, 7) is 3.01. The molecule has 2 aromatic carbocycles. The van der Waals surface area contributed by atoms with E-state index in [1.807, 2.05) is 6.07 Å². The number of hydrogen-bond acceptors (Lipinski definition) is 3. The minimum atomic E-state index is -1.71. The summed E-state index contributed by atoms with van der Waals surface area (Å²) in [4.78, 5) is 38.3. The number of carbonyl (C=O) groups excluding carboxylic acids is 3. The van der Waals surface area contributed by atoms with E-state index in [1.54, 1.807) is 38.1 Å². The minimum Gasteiger partial charge on any atom is -0.344 e. The van der Waals surface area contributed by atoms with Gasteiger partial charge in [0, 0.05) is 7.05 Å². The molecule has 0 aliphatic rings. The average Bonchev–Trinajstić information content (AvgIpc) is 2.72. The highest BCUT2D eigenvalue weighted by Gasteiger charge is 2.28. The second-order valence-electron chi connectivity index (χ2n) is 7.42. The fourth-order valence-corrected chi connectivity index (χ4v) is 2.86. The molecule has 0 aliphatic carbocycles. The Bertz CT molecular complexity index is 952. The quantitative estimate of drug-likeness (QED) is 0.626. The molecule has 0 aromatic heterocycles. The third kappa shape index (κ3) is 6.56. The number of hydrogen-bond donors (Lipinski definition) is 2. The van der Waals surface area contributed by atoms with Crippen LogP contribution in [0.25, 0.3) is 0 Å². The lowest BCUT2D eigenvalue weighted by molar-refractivity contribution is -0.138. The lowest BCUT2D eigenvalue weighted by Gasteiger charge is -2.27. The van der Waals surface area contributed by atoms with E-state index in [4.69, 9.17) is 0 Å². The lowest BCUT2D eigenvalue weighted by Crippen LogP contribution is -2.51. The first-order valence-corrected chi connectivity index (χ1v) is 9.61. The van der Waals surface area contributed by atoms with Gasteiger partial charge in [0.1, 0.15) is 6.04 Å². The molecule has 0 spiro atoms. The standard InChI is InChI=1S/C22H24F3N3O3/c1-13(2)21(27-17(29)11-14-7-5-4-6-8-14)22(31)28(3)12-18(30)26-16-10-9-15(23)19(24)20(16)25/h4-10,13,21H,11-12H2,1-3H3,(H,26,30)(H,27,29)/t21-/m0/s1. The van der Waals surface area contributed by atoms with E-state index >= 15 is 0 Å². The number of anilines is 1. The van der Waals surface area contributed by atoms with Crippen molar-refractivity contribution < 1.29 is 27.6 Å². The number of benzene rings is 2. The molecule has 0 unspecified atom stereocenters. The van der Waals surface area contributed by atoms with Crippen LogP contribution in [0, 0.1) is 23.4 Å². The Morgan fingerprint density at radius 1 is 0.935 bits per heavy atom. The Morgan fingerprint density at radius 2 is 1.58 bits per heavy atom. The first kappa shape index (κ1) is 23.9. The van der Waals surface area contributed by atoms with Gasteiger partial charge in [-0.1, -0.05) is 44.2 Å². The first-order chi connectivity index (χ1) is 14.6. The van der Waals surface area contributed by atoms with Crippen molar-refractivity contribution in [2.24, 2.45) is 5.92 Å². The minimum absolute atomic E-state index is 0.0942. The second-order valence-corrected chi connectivity index (χ2v) is 7.42. The maximum absolute atomic E-state index is 13.7. The number of likely N-dealkylation sites (N-methyl/N-ethyl adjacent to an activating group) is 1. The van der Waals surface area contributed by atoms with E-state index in [0.29, 0.717) is 6.07 Å². The van der Waals surface area contributed by atoms with Crippen LogP contribution < -0.4 is 10.6 Å². The molecular formula is C22H24F3N3O3. The zero-order chi connectivity index (χ0) is 23.1. The van der Waals surface area contributed by atoms with Crippen LogP contribution in [0.3, 0.4) is 0 Å². The number of halogens is 3. The number of rotatable bonds is 8. The second kappa shape index (κ2) is 10.6. The van der Waals surface area contributed by atoms with Crippen molar-refractivity contribution in [1.29, 1.82) is 0 Å². The summed E-state index contributed by atoms with van der Waals surface area (Å²) in [5.41, 5.74) is 0.248. The number of amides is 3. The Labute approximate surface area is 178 Å². The predicted molar refractivity (Wildman–Crippen MR) is 109 cm³/mol. The van der Waals surface area contributed by atoms with E-state index in [-0.39, 0.29) is 18.2 Å². The monoisotopic (exact) mass is 435 g/mol. The van der Waals surface area contributed by atoms with Gasteiger partial charge in [-0.05, 0) is 23.6 Å². The first-order valence-electron chi connectivity index (χ1n) is 9.61. The van der Waals surface area contributed by atoms with Crippen molar-refractivity contribution in [2.45, 2.75) is 26.3 Å².